The average molecular weight is 442 g/mol. The Balaban J connectivity index is 1.41. The molecule has 1 aromatic heterocycles. The van der Waals surface area contributed by atoms with E-state index in [0.29, 0.717) is 63.5 Å². The van der Waals surface area contributed by atoms with Crippen LogP contribution in [0.5, 0.6) is 5.88 Å². The van der Waals surface area contributed by atoms with Gasteiger partial charge in [0.25, 0.3) is 0 Å². The highest BCUT2D eigenvalue weighted by Crippen LogP contribution is 2.21. The molecule has 2 fully saturated rings. The van der Waals surface area contributed by atoms with Crippen LogP contribution in [0.4, 0.5) is 10.6 Å². The Kier molecular flexibility index (Phi) is 7.35. The fraction of sp³-hybridized carbons (Fsp3) is 0.737. The van der Waals surface area contributed by atoms with Gasteiger partial charge in [-0.3, -0.25) is 0 Å². The summed E-state index contributed by atoms with van der Waals surface area (Å²) < 4.78 is 35.7. The molecular weight excluding hydrogens is 410 g/mol. The Morgan fingerprint density at radius 2 is 1.77 bits per heavy atom. The molecule has 1 aromatic rings. The molecule has 3 rings (SSSR count). The van der Waals surface area contributed by atoms with Crippen LogP contribution in [0.25, 0.3) is 0 Å². The normalized spacial score (nSPS) is 19.2. The molecule has 0 bridgehead atoms. The summed E-state index contributed by atoms with van der Waals surface area (Å²) in [5.41, 5.74) is 0. The molecule has 0 atom stereocenters. The van der Waals surface area contributed by atoms with Crippen molar-refractivity contribution in [3.05, 3.63) is 12.1 Å². The zero-order chi connectivity index (χ0) is 21.7. The summed E-state index contributed by atoms with van der Waals surface area (Å²) in [4.78, 5) is 15.7. The third-order valence-corrected chi connectivity index (χ3v) is 6.64. The summed E-state index contributed by atoms with van der Waals surface area (Å²) in [6.07, 6.45) is 2.61. The number of rotatable bonds is 6. The van der Waals surface area contributed by atoms with E-state index in [9.17, 15) is 13.2 Å². The van der Waals surface area contributed by atoms with Gasteiger partial charge in [0.1, 0.15) is 0 Å². The maximum absolute atomic E-state index is 11.9. The second-order valence-electron chi connectivity index (χ2n) is 8.05. The molecule has 0 N–H and O–H groups in total. The minimum Gasteiger partial charge on any atom is -0.476 e. The number of hydrogen-bond donors (Lipinski definition) is 0. The SMILES string of the molecule is CC(C)OC(=O)N1CCC(COc2ccc(N3CCN(S(C)(=O)=O)CC3)nn2)CC1. The molecule has 2 aliphatic rings. The van der Waals surface area contributed by atoms with Crippen LogP contribution >= 0.6 is 0 Å². The van der Waals surface area contributed by atoms with Crippen molar-refractivity contribution < 1.29 is 22.7 Å². The summed E-state index contributed by atoms with van der Waals surface area (Å²) >= 11 is 0. The topological polar surface area (TPSA) is 105 Å². The van der Waals surface area contributed by atoms with E-state index in [1.54, 1.807) is 11.0 Å². The Hall–Kier alpha value is -2.14. The third kappa shape index (κ3) is 6.18. The lowest BCUT2D eigenvalue weighted by Gasteiger charge is -2.33. The molecule has 168 valence electrons. The van der Waals surface area contributed by atoms with Gasteiger partial charge in [-0.25, -0.2) is 13.2 Å². The molecule has 11 heteroatoms. The maximum atomic E-state index is 11.9. The summed E-state index contributed by atoms with van der Waals surface area (Å²) in [6.45, 7) is 7.63. The van der Waals surface area contributed by atoms with E-state index in [1.165, 1.54) is 10.6 Å². The molecule has 2 aliphatic heterocycles. The first-order valence-corrected chi connectivity index (χ1v) is 12.2. The number of hydrogen-bond acceptors (Lipinski definition) is 8. The number of sulfonamides is 1. The van der Waals surface area contributed by atoms with Gasteiger partial charge in [-0.1, -0.05) is 0 Å². The molecule has 0 spiro atoms. The number of likely N-dealkylation sites (tertiary alicyclic amines) is 1. The molecule has 0 aromatic carbocycles. The first kappa shape index (κ1) is 22.5. The molecule has 0 radical (unpaired) electrons. The molecule has 2 saturated heterocycles. The van der Waals surface area contributed by atoms with E-state index in [1.807, 2.05) is 24.8 Å². The number of carbonyl (C=O) groups excluding carboxylic acids is 1. The summed E-state index contributed by atoms with van der Waals surface area (Å²) in [5, 5.41) is 8.38. The molecule has 0 unspecified atom stereocenters. The maximum Gasteiger partial charge on any atom is 0.410 e. The highest BCUT2D eigenvalue weighted by Gasteiger charge is 2.26. The molecular formula is C19H31N5O5S. The first-order chi connectivity index (χ1) is 14.2. The van der Waals surface area contributed by atoms with Gasteiger partial charge >= 0.3 is 6.09 Å². The summed E-state index contributed by atoms with van der Waals surface area (Å²) in [5.74, 6) is 1.54. The molecule has 0 saturated carbocycles. The Morgan fingerprint density at radius 1 is 1.10 bits per heavy atom. The number of piperazine rings is 1. The monoisotopic (exact) mass is 441 g/mol. The summed E-state index contributed by atoms with van der Waals surface area (Å²) in [7, 11) is -3.15. The van der Waals surface area contributed by atoms with Crippen LogP contribution in [0.15, 0.2) is 12.1 Å². The van der Waals surface area contributed by atoms with E-state index in [-0.39, 0.29) is 12.2 Å². The van der Waals surface area contributed by atoms with E-state index in [2.05, 4.69) is 10.2 Å². The lowest BCUT2D eigenvalue weighted by Crippen LogP contribution is -2.48. The van der Waals surface area contributed by atoms with Crippen molar-refractivity contribution in [3.8, 4) is 5.88 Å². The van der Waals surface area contributed by atoms with Gasteiger partial charge in [0.05, 0.1) is 19.0 Å². The Morgan fingerprint density at radius 3 is 2.30 bits per heavy atom. The van der Waals surface area contributed by atoms with Gasteiger partial charge in [0.15, 0.2) is 5.82 Å². The van der Waals surface area contributed by atoms with Crippen molar-refractivity contribution in [2.45, 2.75) is 32.8 Å². The predicted octanol–water partition coefficient (Wildman–Crippen LogP) is 1.19. The molecule has 3 heterocycles. The molecule has 10 nitrogen and oxygen atoms in total. The van der Waals surface area contributed by atoms with Crippen LogP contribution in [0, 0.1) is 5.92 Å². The molecule has 0 aliphatic carbocycles. The standard InChI is InChI=1S/C19H31N5O5S/c1-15(2)29-19(25)23-8-6-16(7-9-23)14-28-18-5-4-17(20-21-18)22-10-12-24(13-11-22)30(3,26)27/h4-5,15-16H,6-14H2,1-3H3. The van der Waals surface area contributed by atoms with Crippen LogP contribution in [0.1, 0.15) is 26.7 Å². The van der Waals surface area contributed by atoms with Crippen molar-refractivity contribution >= 4 is 21.9 Å². The zero-order valence-electron chi connectivity index (χ0n) is 17.9. The van der Waals surface area contributed by atoms with Crippen LogP contribution in [0.2, 0.25) is 0 Å². The van der Waals surface area contributed by atoms with Gasteiger partial charge in [-0.15, -0.1) is 10.2 Å². The van der Waals surface area contributed by atoms with Gasteiger partial charge < -0.3 is 19.3 Å². The Labute approximate surface area is 178 Å². The number of aromatic nitrogens is 2. The van der Waals surface area contributed by atoms with Crippen LogP contribution in [-0.4, -0.2) is 92.1 Å². The van der Waals surface area contributed by atoms with E-state index >= 15 is 0 Å². The van der Waals surface area contributed by atoms with Crippen LogP contribution in [-0.2, 0) is 14.8 Å². The van der Waals surface area contributed by atoms with Gasteiger partial charge in [0, 0.05) is 45.3 Å². The van der Waals surface area contributed by atoms with Crippen molar-refractivity contribution in [1.29, 1.82) is 0 Å². The first-order valence-electron chi connectivity index (χ1n) is 10.3. The van der Waals surface area contributed by atoms with Crippen molar-refractivity contribution in [3.63, 3.8) is 0 Å². The third-order valence-electron chi connectivity index (χ3n) is 5.33. The minimum absolute atomic E-state index is 0.108. The van der Waals surface area contributed by atoms with Crippen molar-refractivity contribution in [2.75, 3.05) is 57.0 Å². The highest BCUT2D eigenvalue weighted by atomic mass is 32.2. The van der Waals surface area contributed by atoms with Gasteiger partial charge in [0.2, 0.25) is 15.9 Å². The fourth-order valence-corrected chi connectivity index (χ4v) is 4.40. The van der Waals surface area contributed by atoms with Crippen molar-refractivity contribution in [1.82, 2.24) is 19.4 Å². The number of piperidine rings is 1. The quantitative estimate of drug-likeness (QED) is 0.648. The van der Waals surface area contributed by atoms with E-state index < -0.39 is 10.0 Å². The molecule has 1 amide bonds. The average Bonchev–Trinajstić information content (AvgIpc) is 2.72. The van der Waals surface area contributed by atoms with Gasteiger partial charge in [-0.2, -0.15) is 4.31 Å². The lowest BCUT2D eigenvalue weighted by atomic mass is 9.98. The molecule has 30 heavy (non-hydrogen) atoms. The zero-order valence-corrected chi connectivity index (χ0v) is 18.7. The van der Waals surface area contributed by atoms with E-state index in [0.717, 1.165) is 12.8 Å². The van der Waals surface area contributed by atoms with Crippen molar-refractivity contribution in [2.24, 2.45) is 5.92 Å². The number of nitrogens with zero attached hydrogens (tertiary/aromatic N) is 5. The van der Waals surface area contributed by atoms with Crippen LogP contribution < -0.4 is 9.64 Å². The largest absolute Gasteiger partial charge is 0.476 e. The fourth-order valence-electron chi connectivity index (χ4n) is 3.57. The van der Waals surface area contributed by atoms with Crippen LogP contribution in [0.3, 0.4) is 0 Å². The Bertz CT molecular complexity index is 801. The lowest BCUT2D eigenvalue weighted by molar-refractivity contribution is 0.0605. The number of ether oxygens (including phenoxy) is 2. The highest BCUT2D eigenvalue weighted by molar-refractivity contribution is 7.88. The predicted molar refractivity (Wildman–Crippen MR) is 112 cm³/mol. The second-order valence-corrected chi connectivity index (χ2v) is 10.0. The second kappa shape index (κ2) is 9.78. The smallest absolute Gasteiger partial charge is 0.410 e. The number of anilines is 1. The number of amides is 1. The number of carbonyl (C=O) groups is 1. The van der Waals surface area contributed by atoms with E-state index in [4.69, 9.17) is 9.47 Å². The van der Waals surface area contributed by atoms with Gasteiger partial charge in [-0.05, 0) is 38.7 Å². The summed E-state index contributed by atoms with van der Waals surface area (Å²) in [6, 6.07) is 3.64. The minimum atomic E-state index is -3.15.